The van der Waals surface area contributed by atoms with E-state index >= 15 is 0 Å². The average Bonchev–Trinajstić information content (AvgIpc) is 2.72. The number of aryl methyl sites for hydroxylation is 1. The largest absolute Gasteiger partial charge is 0.349 e. The van der Waals surface area contributed by atoms with Crippen molar-refractivity contribution < 1.29 is 9.42 Å². The van der Waals surface area contributed by atoms with Crippen molar-refractivity contribution in [3.05, 3.63) is 11.4 Å². The number of carbonyl (C=O) groups is 1. The topological polar surface area (TPSA) is 83.3 Å². The lowest BCUT2D eigenvalue weighted by Gasteiger charge is -2.31. The first kappa shape index (κ1) is 12.0. The maximum absolute atomic E-state index is 11.9. The van der Waals surface area contributed by atoms with Gasteiger partial charge in [0.1, 0.15) is 17.4 Å². The monoisotopic (exact) mass is 239 g/mol. The number of carbonyl (C=O) groups excluding carboxylic acids is 1. The van der Waals surface area contributed by atoms with E-state index in [1.54, 1.807) is 6.92 Å². The van der Waals surface area contributed by atoms with E-state index in [0.717, 1.165) is 13.1 Å². The van der Waals surface area contributed by atoms with Gasteiger partial charge in [-0.15, -0.1) is 0 Å². The summed E-state index contributed by atoms with van der Waals surface area (Å²) in [7, 11) is 1.95. The Morgan fingerprint density at radius 1 is 1.65 bits per heavy atom. The molecule has 0 unspecified atom stereocenters. The fourth-order valence-corrected chi connectivity index (χ4v) is 1.80. The summed E-state index contributed by atoms with van der Waals surface area (Å²) < 4.78 is 4.57. The van der Waals surface area contributed by atoms with Crippen molar-refractivity contribution in [1.82, 2.24) is 25.8 Å². The normalized spacial score (nSPS) is 21.4. The van der Waals surface area contributed by atoms with Crippen molar-refractivity contribution in [3.8, 4) is 0 Å². The molecule has 7 nitrogen and oxygen atoms in total. The molecule has 0 spiro atoms. The quantitative estimate of drug-likeness (QED) is 0.696. The van der Waals surface area contributed by atoms with Gasteiger partial charge in [-0.1, -0.05) is 10.3 Å². The third-order valence-corrected chi connectivity index (χ3v) is 2.99. The molecule has 1 fully saturated rings. The van der Waals surface area contributed by atoms with Crippen molar-refractivity contribution in [2.24, 2.45) is 0 Å². The number of nitrogens with zero attached hydrogens (tertiary/aromatic N) is 3. The van der Waals surface area contributed by atoms with Crippen LogP contribution < -0.4 is 10.6 Å². The van der Waals surface area contributed by atoms with Crippen LogP contribution >= 0.6 is 0 Å². The van der Waals surface area contributed by atoms with Crippen LogP contribution in [0.2, 0.25) is 0 Å². The van der Waals surface area contributed by atoms with Crippen molar-refractivity contribution >= 4 is 5.91 Å². The van der Waals surface area contributed by atoms with E-state index in [1.165, 1.54) is 0 Å². The van der Waals surface area contributed by atoms with Crippen molar-refractivity contribution in [1.29, 1.82) is 0 Å². The molecule has 1 aromatic rings. The van der Waals surface area contributed by atoms with Gasteiger partial charge in [-0.3, -0.25) is 9.69 Å². The van der Waals surface area contributed by atoms with E-state index in [1.807, 2.05) is 11.9 Å². The fourth-order valence-electron chi connectivity index (χ4n) is 1.80. The van der Waals surface area contributed by atoms with E-state index in [-0.39, 0.29) is 11.9 Å². The third-order valence-electron chi connectivity index (χ3n) is 2.99. The maximum atomic E-state index is 11.9. The molecule has 17 heavy (non-hydrogen) atoms. The Hall–Kier alpha value is -1.47. The lowest BCUT2D eigenvalue weighted by molar-refractivity contribution is -0.126. The molecule has 1 aromatic heterocycles. The predicted octanol–water partition coefficient (Wildman–Crippen LogP) is -1.10. The van der Waals surface area contributed by atoms with Gasteiger partial charge < -0.3 is 10.6 Å². The average molecular weight is 239 g/mol. The minimum Gasteiger partial charge on any atom is -0.349 e. The minimum atomic E-state index is -0.121. The third kappa shape index (κ3) is 2.80. The number of hydrogen-bond donors (Lipinski definition) is 2. The first-order valence-corrected chi connectivity index (χ1v) is 5.65. The Morgan fingerprint density at radius 2 is 2.47 bits per heavy atom. The van der Waals surface area contributed by atoms with Gasteiger partial charge in [0.2, 0.25) is 5.91 Å². The summed E-state index contributed by atoms with van der Waals surface area (Å²) in [6.45, 7) is 4.64. The Bertz CT molecular complexity index is 392. The molecule has 1 saturated heterocycles. The zero-order valence-corrected chi connectivity index (χ0v) is 10.1. The zero-order chi connectivity index (χ0) is 12.3. The molecule has 0 aromatic carbocycles. The molecule has 0 saturated carbocycles. The number of rotatable bonds is 3. The highest BCUT2D eigenvalue weighted by Crippen LogP contribution is 2.02. The van der Waals surface area contributed by atoms with Gasteiger partial charge >= 0.3 is 0 Å². The second-order valence-corrected chi connectivity index (χ2v) is 4.21. The van der Waals surface area contributed by atoms with Crippen molar-refractivity contribution in [2.45, 2.75) is 19.5 Å². The number of likely N-dealkylation sites (N-methyl/N-ethyl adjacent to an activating group) is 1. The first-order chi connectivity index (χ1) is 8.18. The summed E-state index contributed by atoms with van der Waals surface area (Å²) in [4.78, 5) is 14.0. The fraction of sp³-hybridized carbons (Fsp3) is 0.700. The Kier molecular flexibility index (Phi) is 3.70. The molecule has 94 valence electrons. The molecule has 1 aliphatic heterocycles. The standard InChI is InChI=1S/C10H17N5O2/c1-7-8(14-17-13-7)5-12-10(16)9-6-11-3-4-15(9)2/h9,11H,3-6H2,1-2H3,(H,12,16)/t9-/m0/s1. The molecule has 0 radical (unpaired) electrons. The summed E-state index contributed by atoms with van der Waals surface area (Å²) in [6, 6.07) is -0.121. The lowest BCUT2D eigenvalue weighted by atomic mass is 10.2. The molecule has 1 amide bonds. The SMILES string of the molecule is Cc1nonc1CNC(=O)[C@@H]1CNCCN1C. The maximum Gasteiger partial charge on any atom is 0.238 e. The number of hydrogen-bond acceptors (Lipinski definition) is 6. The number of aromatic nitrogens is 2. The van der Waals surface area contributed by atoms with Gasteiger partial charge in [-0.05, 0) is 14.0 Å². The number of amides is 1. The molecule has 2 N–H and O–H groups in total. The highest BCUT2D eigenvalue weighted by atomic mass is 16.6. The summed E-state index contributed by atoms with van der Waals surface area (Å²) in [5.41, 5.74) is 1.38. The minimum absolute atomic E-state index is 0.00194. The molecule has 2 rings (SSSR count). The van der Waals surface area contributed by atoms with Gasteiger partial charge in [-0.2, -0.15) is 0 Å². The van der Waals surface area contributed by atoms with Crippen LogP contribution in [-0.4, -0.2) is 53.8 Å². The second kappa shape index (κ2) is 5.24. The summed E-state index contributed by atoms with van der Waals surface area (Å²) in [5.74, 6) is 0.00194. The lowest BCUT2D eigenvalue weighted by Crippen LogP contribution is -2.56. The Morgan fingerprint density at radius 3 is 3.12 bits per heavy atom. The van der Waals surface area contributed by atoms with E-state index in [0.29, 0.717) is 24.5 Å². The summed E-state index contributed by atoms with van der Waals surface area (Å²) >= 11 is 0. The van der Waals surface area contributed by atoms with Crippen molar-refractivity contribution in [3.63, 3.8) is 0 Å². The van der Waals surface area contributed by atoms with Crippen LogP contribution in [0.25, 0.3) is 0 Å². The van der Waals surface area contributed by atoms with Gasteiger partial charge in [0.05, 0.1) is 6.54 Å². The molecular formula is C10H17N5O2. The summed E-state index contributed by atoms with van der Waals surface area (Å²) in [5, 5.41) is 13.4. The van der Waals surface area contributed by atoms with Gasteiger partial charge in [0.25, 0.3) is 0 Å². The van der Waals surface area contributed by atoms with E-state index in [4.69, 9.17) is 0 Å². The van der Waals surface area contributed by atoms with Gasteiger partial charge in [0, 0.05) is 19.6 Å². The van der Waals surface area contributed by atoms with E-state index in [2.05, 4.69) is 25.6 Å². The van der Waals surface area contributed by atoms with Crippen LogP contribution in [0.3, 0.4) is 0 Å². The van der Waals surface area contributed by atoms with Gasteiger partial charge in [-0.25, -0.2) is 4.63 Å². The van der Waals surface area contributed by atoms with Crippen LogP contribution in [0.15, 0.2) is 4.63 Å². The molecular weight excluding hydrogens is 222 g/mol. The van der Waals surface area contributed by atoms with Crippen LogP contribution in [0.1, 0.15) is 11.4 Å². The first-order valence-electron chi connectivity index (χ1n) is 5.65. The molecule has 7 heteroatoms. The molecule has 0 bridgehead atoms. The summed E-state index contributed by atoms with van der Waals surface area (Å²) in [6.07, 6.45) is 0. The van der Waals surface area contributed by atoms with Crippen LogP contribution in [0, 0.1) is 6.92 Å². The number of piperazine rings is 1. The van der Waals surface area contributed by atoms with Crippen LogP contribution in [0.4, 0.5) is 0 Å². The molecule has 1 atom stereocenters. The number of nitrogens with one attached hydrogen (secondary N) is 2. The molecule has 2 heterocycles. The highest BCUT2D eigenvalue weighted by Gasteiger charge is 2.25. The molecule has 0 aliphatic carbocycles. The van der Waals surface area contributed by atoms with Gasteiger partial charge in [0.15, 0.2) is 0 Å². The Balaban J connectivity index is 1.86. The van der Waals surface area contributed by atoms with E-state index in [9.17, 15) is 4.79 Å². The van der Waals surface area contributed by atoms with E-state index < -0.39 is 0 Å². The van der Waals surface area contributed by atoms with Crippen LogP contribution in [0.5, 0.6) is 0 Å². The van der Waals surface area contributed by atoms with Crippen molar-refractivity contribution in [2.75, 3.05) is 26.7 Å². The molecule has 1 aliphatic rings. The Labute approximate surface area is 99.5 Å². The predicted molar refractivity (Wildman–Crippen MR) is 60.2 cm³/mol. The smallest absolute Gasteiger partial charge is 0.238 e. The van der Waals surface area contributed by atoms with Crippen LogP contribution in [-0.2, 0) is 11.3 Å². The zero-order valence-electron chi connectivity index (χ0n) is 10.1. The second-order valence-electron chi connectivity index (χ2n) is 4.21. The highest BCUT2D eigenvalue weighted by molar-refractivity contribution is 5.82.